The molecular formula is C22H20ClFN6O2. The summed E-state index contributed by atoms with van der Waals surface area (Å²) in [6, 6.07) is 7.96. The van der Waals surface area contributed by atoms with Crippen LogP contribution in [0.3, 0.4) is 0 Å². The highest BCUT2D eigenvalue weighted by Gasteiger charge is 2.59. The van der Waals surface area contributed by atoms with E-state index < -0.39 is 5.82 Å². The number of likely N-dealkylation sites (tertiary alicyclic amines) is 1. The average molecular weight is 455 g/mol. The van der Waals surface area contributed by atoms with Gasteiger partial charge in [0.25, 0.3) is 11.5 Å². The molecule has 1 amide bonds. The molecule has 0 N–H and O–H groups in total. The van der Waals surface area contributed by atoms with Crippen molar-refractivity contribution in [2.24, 2.45) is 18.9 Å². The number of fused-ring (bicyclic) bond motifs is 1. The van der Waals surface area contributed by atoms with Crippen molar-refractivity contribution in [2.45, 2.75) is 6.04 Å². The number of anilines is 1. The molecule has 0 spiro atoms. The second-order valence-corrected chi connectivity index (χ2v) is 8.57. The Hall–Kier alpha value is -3.33. The van der Waals surface area contributed by atoms with Gasteiger partial charge >= 0.3 is 0 Å². The summed E-state index contributed by atoms with van der Waals surface area (Å²) in [5.74, 6) is 0.316. The van der Waals surface area contributed by atoms with Crippen molar-refractivity contribution in [3.63, 3.8) is 0 Å². The highest BCUT2D eigenvalue weighted by atomic mass is 35.5. The van der Waals surface area contributed by atoms with E-state index in [1.54, 1.807) is 30.1 Å². The van der Waals surface area contributed by atoms with E-state index in [1.807, 2.05) is 11.9 Å². The number of rotatable bonds is 4. The highest BCUT2D eigenvalue weighted by Crippen LogP contribution is 2.49. The van der Waals surface area contributed by atoms with Gasteiger partial charge in [-0.15, -0.1) is 0 Å². The monoisotopic (exact) mass is 454 g/mol. The molecule has 0 aromatic carbocycles. The Morgan fingerprint density at radius 3 is 2.66 bits per heavy atom. The van der Waals surface area contributed by atoms with Crippen LogP contribution in [-0.4, -0.2) is 56.5 Å². The minimum absolute atomic E-state index is 0.137. The van der Waals surface area contributed by atoms with Crippen LogP contribution in [0.5, 0.6) is 0 Å². The van der Waals surface area contributed by atoms with Gasteiger partial charge < -0.3 is 9.80 Å². The summed E-state index contributed by atoms with van der Waals surface area (Å²) in [6.45, 7) is 1.19. The van der Waals surface area contributed by atoms with E-state index in [-0.39, 0.29) is 45.8 Å². The van der Waals surface area contributed by atoms with Crippen LogP contribution in [0.4, 0.5) is 10.3 Å². The van der Waals surface area contributed by atoms with Crippen LogP contribution in [0.1, 0.15) is 10.5 Å². The normalized spacial score (nSPS) is 21.4. The van der Waals surface area contributed by atoms with Crippen molar-refractivity contribution < 1.29 is 9.18 Å². The first-order valence-corrected chi connectivity index (χ1v) is 10.6. The third-order valence-electron chi connectivity index (χ3n) is 6.29. The number of pyridine rings is 2. The van der Waals surface area contributed by atoms with Crippen molar-refractivity contribution >= 4 is 23.5 Å². The van der Waals surface area contributed by atoms with E-state index >= 15 is 0 Å². The number of carbonyl (C=O) groups is 1. The lowest BCUT2D eigenvalue weighted by atomic mass is 10.2. The number of hydrogen-bond donors (Lipinski definition) is 0. The van der Waals surface area contributed by atoms with Crippen LogP contribution < -0.4 is 10.5 Å². The minimum atomic E-state index is -0.533. The lowest BCUT2D eigenvalue weighted by Crippen LogP contribution is -2.38. The van der Waals surface area contributed by atoms with E-state index in [9.17, 15) is 14.0 Å². The zero-order chi connectivity index (χ0) is 22.6. The molecule has 0 bridgehead atoms. The van der Waals surface area contributed by atoms with Gasteiger partial charge in [0.05, 0.1) is 11.9 Å². The van der Waals surface area contributed by atoms with Crippen LogP contribution in [-0.2, 0) is 7.05 Å². The maximum Gasteiger partial charge on any atom is 0.272 e. The van der Waals surface area contributed by atoms with Gasteiger partial charge in [0, 0.05) is 62.9 Å². The van der Waals surface area contributed by atoms with Gasteiger partial charge in [-0.2, -0.15) is 0 Å². The van der Waals surface area contributed by atoms with E-state index in [4.69, 9.17) is 11.6 Å². The summed E-state index contributed by atoms with van der Waals surface area (Å²) in [5, 5.41) is 0.287. The first-order valence-electron chi connectivity index (χ1n) is 10.2. The molecule has 10 heteroatoms. The highest BCUT2D eigenvalue weighted by molar-refractivity contribution is 6.29. The fourth-order valence-electron chi connectivity index (χ4n) is 4.62. The van der Waals surface area contributed by atoms with Gasteiger partial charge in [-0.05, 0) is 18.2 Å². The number of hydrogen-bond acceptors (Lipinski definition) is 6. The predicted molar refractivity (Wildman–Crippen MR) is 117 cm³/mol. The lowest BCUT2D eigenvalue weighted by molar-refractivity contribution is 0.0767. The Bertz CT molecular complexity index is 1270. The third kappa shape index (κ3) is 3.42. The molecule has 164 valence electrons. The van der Waals surface area contributed by atoms with Crippen LogP contribution in [0, 0.1) is 17.7 Å². The van der Waals surface area contributed by atoms with Crippen LogP contribution >= 0.6 is 11.6 Å². The molecule has 2 fully saturated rings. The van der Waals surface area contributed by atoms with E-state index in [2.05, 4.69) is 15.0 Å². The zero-order valence-electron chi connectivity index (χ0n) is 17.4. The number of halogens is 2. The molecule has 3 aromatic rings. The van der Waals surface area contributed by atoms with E-state index in [0.717, 1.165) is 6.20 Å². The Kier molecular flexibility index (Phi) is 4.93. The number of piperidine rings is 1. The SMILES string of the molecule is CN(c1nc(-c2ccncc2F)cc(=O)n1C)C1[C@H]2CN(C(=O)c3cccc(Cl)n3)C[C@@H]12. The third-order valence-corrected chi connectivity index (χ3v) is 6.50. The fourth-order valence-corrected chi connectivity index (χ4v) is 4.79. The van der Waals surface area contributed by atoms with Gasteiger partial charge in [0.2, 0.25) is 5.95 Å². The molecular weight excluding hydrogens is 435 g/mol. The van der Waals surface area contributed by atoms with Gasteiger partial charge in [-0.1, -0.05) is 17.7 Å². The Balaban J connectivity index is 1.35. The van der Waals surface area contributed by atoms with E-state index in [1.165, 1.54) is 22.9 Å². The molecule has 1 saturated carbocycles. The molecule has 32 heavy (non-hydrogen) atoms. The van der Waals surface area contributed by atoms with Gasteiger partial charge in [0.1, 0.15) is 10.8 Å². The van der Waals surface area contributed by atoms with Gasteiger partial charge in [-0.3, -0.25) is 19.1 Å². The first-order chi connectivity index (χ1) is 15.3. The van der Waals surface area contributed by atoms with Gasteiger partial charge in [-0.25, -0.2) is 14.4 Å². The molecule has 1 unspecified atom stereocenters. The molecule has 4 heterocycles. The van der Waals surface area contributed by atoms with Gasteiger partial charge in [0.15, 0.2) is 5.82 Å². The molecule has 5 rings (SSSR count). The maximum absolute atomic E-state index is 14.2. The molecule has 1 saturated heterocycles. The summed E-state index contributed by atoms with van der Waals surface area (Å²) < 4.78 is 15.7. The number of nitrogens with zero attached hydrogens (tertiary/aromatic N) is 6. The largest absolute Gasteiger partial charge is 0.342 e. The summed E-state index contributed by atoms with van der Waals surface area (Å²) in [7, 11) is 3.52. The van der Waals surface area contributed by atoms with Crippen molar-refractivity contribution in [1.82, 2.24) is 24.4 Å². The minimum Gasteiger partial charge on any atom is -0.342 e. The molecule has 8 nitrogen and oxygen atoms in total. The average Bonchev–Trinajstić information content (AvgIpc) is 3.28. The summed E-state index contributed by atoms with van der Waals surface area (Å²) in [6.07, 6.45) is 2.57. The number of carbonyl (C=O) groups excluding carboxylic acids is 1. The number of amides is 1. The summed E-state index contributed by atoms with van der Waals surface area (Å²) in [5.41, 5.74) is 0.557. The standard InChI is InChI=1S/C22H20ClFN6O2/c1-28-19(31)8-17(12-6-7-25-9-15(12)24)27-22(28)29(2)20-13-10-30(11-14(13)20)21(32)16-4-3-5-18(23)26-16/h3-9,13-14,20H,10-11H2,1-2H3/t13-,14+,20?. The predicted octanol–water partition coefficient (Wildman–Crippen LogP) is 2.24. The maximum atomic E-state index is 14.2. The molecule has 2 aliphatic rings. The first kappa shape index (κ1) is 20.6. The second kappa shape index (κ2) is 7.67. The van der Waals surface area contributed by atoms with Crippen LogP contribution in [0.2, 0.25) is 5.15 Å². The molecule has 0 radical (unpaired) electrons. The van der Waals surface area contributed by atoms with Crippen molar-refractivity contribution in [2.75, 3.05) is 25.0 Å². The zero-order valence-corrected chi connectivity index (χ0v) is 18.2. The molecule has 3 atom stereocenters. The number of aromatic nitrogens is 4. The molecule has 1 aliphatic heterocycles. The smallest absolute Gasteiger partial charge is 0.272 e. The molecule has 1 aliphatic carbocycles. The second-order valence-electron chi connectivity index (χ2n) is 8.18. The topological polar surface area (TPSA) is 84.2 Å². The summed E-state index contributed by atoms with van der Waals surface area (Å²) in [4.78, 5) is 41.5. The van der Waals surface area contributed by atoms with Crippen LogP contribution in [0.25, 0.3) is 11.3 Å². The lowest BCUT2D eigenvalue weighted by Gasteiger charge is -2.26. The Labute approximate surface area is 188 Å². The quantitative estimate of drug-likeness (QED) is 0.562. The van der Waals surface area contributed by atoms with Crippen LogP contribution in [0.15, 0.2) is 47.5 Å². The van der Waals surface area contributed by atoms with Crippen molar-refractivity contribution in [3.05, 3.63) is 69.7 Å². The fraction of sp³-hybridized carbons (Fsp3) is 0.318. The Morgan fingerprint density at radius 1 is 1.22 bits per heavy atom. The van der Waals surface area contributed by atoms with E-state index in [0.29, 0.717) is 24.7 Å². The van der Waals surface area contributed by atoms with Crippen molar-refractivity contribution in [3.8, 4) is 11.3 Å². The summed E-state index contributed by atoms with van der Waals surface area (Å²) >= 11 is 5.91. The Morgan fingerprint density at radius 2 is 1.97 bits per heavy atom. The molecule has 3 aromatic heterocycles. The van der Waals surface area contributed by atoms with Crippen molar-refractivity contribution in [1.29, 1.82) is 0 Å².